The van der Waals surface area contributed by atoms with Gasteiger partial charge in [0, 0.05) is 12.5 Å². The van der Waals surface area contributed by atoms with Crippen molar-refractivity contribution in [3.05, 3.63) is 70.8 Å². The van der Waals surface area contributed by atoms with E-state index < -0.39 is 0 Å². The maximum Gasteiger partial charge on any atom is 0.00532 e. The van der Waals surface area contributed by atoms with Crippen LogP contribution in [0.1, 0.15) is 40.5 Å². The third kappa shape index (κ3) is 1.89. The van der Waals surface area contributed by atoms with Crippen molar-refractivity contribution in [3.63, 3.8) is 0 Å². The van der Waals surface area contributed by atoms with Gasteiger partial charge < -0.3 is 4.90 Å². The molecule has 1 nitrogen and oxygen atoms in total. The highest BCUT2D eigenvalue weighted by atomic mass is 15.1. The Bertz CT molecular complexity index is 631. The molecule has 2 aromatic rings. The molecule has 2 aromatic carbocycles. The highest BCUT2D eigenvalue weighted by molar-refractivity contribution is 5.45. The summed E-state index contributed by atoms with van der Waals surface area (Å²) in [5.41, 5.74) is 6.25. The Morgan fingerprint density at radius 1 is 0.850 bits per heavy atom. The summed E-state index contributed by atoms with van der Waals surface area (Å²) < 4.78 is 0. The lowest BCUT2D eigenvalue weighted by Crippen LogP contribution is -2.35. The smallest absolute Gasteiger partial charge is 0.00532 e. The molecule has 102 valence electrons. The monoisotopic (exact) mass is 263 g/mol. The summed E-state index contributed by atoms with van der Waals surface area (Å²) in [5.74, 6) is 1.36. The van der Waals surface area contributed by atoms with E-state index >= 15 is 0 Å². The molecule has 1 saturated heterocycles. The molecule has 1 heteroatoms. The highest BCUT2D eigenvalue weighted by Crippen LogP contribution is 2.44. The van der Waals surface area contributed by atoms with Crippen molar-refractivity contribution in [3.8, 4) is 0 Å². The number of piperidine rings is 1. The van der Waals surface area contributed by atoms with Gasteiger partial charge in [-0.1, -0.05) is 48.5 Å². The quantitative estimate of drug-likeness (QED) is 0.699. The van der Waals surface area contributed by atoms with Crippen molar-refractivity contribution >= 4 is 0 Å². The average Bonchev–Trinajstić information content (AvgIpc) is 2.61. The Morgan fingerprint density at radius 2 is 1.45 bits per heavy atom. The van der Waals surface area contributed by atoms with Gasteiger partial charge in [0.05, 0.1) is 0 Å². The van der Waals surface area contributed by atoms with Crippen LogP contribution in [0.15, 0.2) is 48.5 Å². The van der Waals surface area contributed by atoms with E-state index in [1.54, 1.807) is 11.1 Å². The van der Waals surface area contributed by atoms with Crippen molar-refractivity contribution in [2.45, 2.75) is 24.7 Å². The summed E-state index contributed by atoms with van der Waals surface area (Å²) in [4.78, 5) is 2.49. The molecule has 20 heavy (non-hydrogen) atoms. The van der Waals surface area contributed by atoms with E-state index in [-0.39, 0.29) is 0 Å². The molecule has 0 N–H and O–H groups in total. The summed E-state index contributed by atoms with van der Waals surface area (Å²) in [6.07, 6.45) is 2.38. The van der Waals surface area contributed by atoms with Gasteiger partial charge in [0.15, 0.2) is 0 Å². The first-order valence-corrected chi connectivity index (χ1v) is 7.67. The van der Waals surface area contributed by atoms with Crippen molar-refractivity contribution in [1.82, 2.24) is 4.90 Å². The van der Waals surface area contributed by atoms with Crippen LogP contribution >= 0.6 is 0 Å². The second-order valence-electron chi connectivity index (χ2n) is 6.34. The molecule has 1 aliphatic carbocycles. The number of likely N-dealkylation sites (tertiary alicyclic amines) is 1. The molecule has 0 amide bonds. The molecule has 4 rings (SSSR count). The van der Waals surface area contributed by atoms with Crippen LogP contribution in [0.25, 0.3) is 0 Å². The van der Waals surface area contributed by atoms with Crippen LogP contribution in [0.2, 0.25) is 0 Å². The zero-order chi connectivity index (χ0) is 13.5. The van der Waals surface area contributed by atoms with Crippen molar-refractivity contribution in [2.24, 2.45) is 0 Å². The molecule has 0 spiro atoms. The van der Waals surface area contributed by atoms with Crippen LogP contribution in [-0.2, 0) is 6.42 Å². The fourth-order valence-electron chi connectivity index (χ4n) is 4.12. The van der Waals surface area contributed by atoms with Gasteiger partial charge in [-0.2, -0.15) is 0 Å². The topological polar surface area (TPSA) is 3.24 Å². The lowest BCUT2D eigenvalue weighted by atomic mass is 9.77. The van der Waals surface area contributed by atoms with Gasteiger partial charge >= 0.3 is 0 Å². The maximum atomic E-state index is 2.49. The number of hydrogen-bond donors (Lipinski definition) is 0. The first-order chi connectivity index (χ1) is 9.83. The lowest BCUT2D eigenvalue weighted by molar-refractivity contribution is 0.227. The van der Waals surface area contributed by atoms with E-state index in [0.29, 0.717) is 11.8 Å². The van der Waals surface area contributed by atoms with Gasteiger partial charge in [-0.3, -0.25) is 0 Å². The van der Waals surface area contributed by atoms with Crippen molar-refractivity contribution < 1.29 is 0 Å². The third-order valence-electron chi connectivity index (χ3n) is 5.11. The molecule has 0 unspecified atom stereocenters. The van der Waals surface area contributed by atoms with Crippen LogP contribution in [0.4, 0.5) is 0 Å². The Kier molecular flexibility index (Phi) is 2.89. The molecule has 0 radical (unpaired) electrons. The molecule has 1 heterocycles. The zero-order valence-electron chi connectivity index (χ0n) is 12.0. The minimum Gasteiger partial charge on any atom is -0.306 e. The van der Waals surface area contributed by atoms with Crippen molar-refractivity contribution in [2.75, 3.05) is 20.1 Å². The number of fused-ring (bicyclic) bond motifs is 5. The number of benzene rings is 2. The molecule has 1 fully saturated rings. The Labute approximate surface area is 121 Å². The number of rotatable bonds is 0. The van der Waals surface area contributed by atoms with E-state index in [1.807, 2.05) is 0 Å². The van der Waals surface area contributed by atoms with E-state index in [9.17, 15) is 0 Å². The summed E-state index contributed by atoms with van der Waals surface area (Å²) >= 11 is 0. The van der Waals surface area contributed by atoms with Crippen LogP contribution in [-0.4, -0.2) is 25.0 Å². The second kappa shape index (κ2) is 4.75. The first kappa shape index (κ1) is 12.2. The van der Waals surface area contributed by atoms with Crippen LogP contribution in [0, 0.1) is 0 Å². The Balaban J connectivity index is 1.90. The minimum atomic E-state index is 0.661. The predicted molar refractivity (Wildman–Crippen MR) is 83.3 cm³/mol. The van der Waals surface area contributed by atoms with Gasteiger partial charge in [0.2, 0.25) is 0 Å². The molecule has 1 aliphatic heterocycles. The highest BCUT2D eigenvalue weighted by Gasteiger charge is 2.34. The van der Waals surface area contributed by atoms with Crippen LogP contribution in [0.5, 0.6) is 0 Å². The predicted octanol–water partition coefficient (Wildman–Crippen LogP) is 3.79. The first-order valence-electron chi connectivity index (χ1n) is 7.67. The summed E-state index contributed by atoms with van der Waals surface area (Å²) in [6, 6.07) is 18.2. The molecule has 2 aliphatic rings. The fraction of sp³-hybridized carbons (Fsp3) is 0.368. The number of likely N-dealkylation sites (N-methyl/N-ethyl adjacent to an activating group) is 1. The summed E-state index contributed by atoms with van der Waals surface area (Å²) in [6.45, 7) is 2.41. The molecule has 0 bridgehead atoms. The van der Waals surface area contributed by atoms with E-state index in [0.717, 1.165) is 6.42 Å². The summed E-state index contributed by atoms with van der Waals surface area (Å²) in [5, 5.41) is 0. The van der Waals surface area contributed by atoms with Gasteiger partial charge in [0.1, 0.15) is 0 Å². The van der Waals surface area contributed by atoms with Crippen LogP contribution in [0.3, 0.4) is 0 Å². The van der Waals surface area contributed by atoms with E-state index in [1.165, 1.54) is 30.6 Å². The Morgan fingerprint density at radius 3 is 2.15 bits per heavy atom. The van der Waals surface area contributed by atoms with Gasteiger partial charge in [-0.15, -0.1) is 0 Å². The largest absolute Gasteiger partial charge is 0.306 e. The number of nitrogens with zero attached hydrogens (tertiary/aromatic N) is 1. The molecule has 2 atom stereocenters. The Hall–Kier alpha value is -1.60. The number of hydrogen-bond acceptors (Lipinski definition) is 1. The SMILES string of the molecule is CN1CC[C@H]2c3ccccc3Cc3ccccc3[C@H]2C1. The van der Waals surface area contributed by atoms with E-state index in [4.69, 9.17) is 0 Å². The standard InChI is InChI=1S/C19H21N/c1-20-11-10-18-16-8-4-2-6-14(16)12-15-7-3-5-9-17(15)19(18)13-20/h2-9,18-19H,10-13H2,1H3/t18-,19+/m0/s1. The van der Waals surface area contributed by atoms with Crippen molar-refractivity contribution in [1.29, 1.82) is 0 Å². The van der Waals surface area contributed by atoms with Crippen LogP contribution < -0.4 is 0 Å². The minimum absolute atomic E-state index is 0.661. The summed E-state index contributed by atoms with van der Waals surface area (Å²) in [7, 11) is 2.26. The average molecular weight is 263 g/mol. The third-order valence-corrected chi connectivity index (χ3v) is 5.11. The lowest BCUT2D eigenvalue weighted by Gasteiger charge is -2.37. The van der Waals surface area contributed by atoms with Gasteiger partial charge in [-0.05, 0) is 54.6 Å². The second-order valence-corrected chi connectivity index (χ2v) is 6.34. The molecular weight excluding hydrogens is 242 g/mol. The maximum absolute atomic E-state index is 2.49. The molecular formula is C19H21N. The zero-order valence-corrected chi connectivity index (χ0v) is 12.0. The van der Waals surface area contributed by atoms with Gasteiger partial charge in [0.25, 0.3) is 0 Å². The van der Waals surface area contributed by atoms with Gasteiger partial charge in [-0.25, -0.2) is 0 Å². The fourth-order valence-corrected chi connectivity index (χ4v) is 4.12. The molecule has 0 saturated carbocycles. The van der Waals surface area contributed by atoms with E-state index in [2.05, 4.69) is 60.5 Å². The normalized spacial score (nSPS) is 25.2. The molecule has 0 aromatic heterocycles.